The molecule has 0 unspecified atom stereocenters. The number of sulfone groups is 1. The molecule has 1 heterocycles. The van der Waals surface area contributed by atoms with Crippen molar-refractivity contribution in [3.8, 4) is 0 Å². The molecule has 3 aromatic carbocycles. The number of hydrogen-bond donors (Lipinski definition) is 1. The molecule has 1 aliphatic heterocycles. The number of nitrogens with zero attached hydrogens (tertiary/aromatic N) is 1. The maximum atomic E-state index is 13.4. The Morgan fingerprint density at radius 3 is 2.38 bits per heavy atom. The van der Waals surface area contributed by atoms with E-state index in [1.165, 1.54) is 29.6 Å². The van der Waals surface area contributed by atoms with Crippen LogP contribution in [0.4, 0.5) is 11.4 Å². The number of anilines is 2. The number of carbonyl (C=O) groups is 2. The van der Waals surface area contributed by atoms with Crippen molar-refractivity contribution in [1.29, 1.82) is 0 Å². The number of methoxy groups -OCH3 is 1. The fourth-order valence-corrected chi connectivity index (χ4v) is 6.99. The van der Waals surface area contributed by atoms with Crippen LogP contribution in [-0.2, 0) is 48.0 Å². The fourth-order valence-electron chi connectivity index (χ4n) is 4.47. The monoisotopic (exact) mass is 570 g/mol. The topological polar surface area (TPSA) is 127 Å². The lowest BCUT2D eigenvalue weighted by Crippen LogP contribution is -2.36. The number of rotatable bonds is 9. The van der Waals surface area contributed by atoms with E-state index in [9.17, 15) is 26.4 Å². The van der Waals surface area contributed by atoms with Crippen LogP contribution in [0.5, 0.6) is 0 Å². The third kappa shape index (κ3) is 6.66. The smallest absolute Gasteiger partial charge is 0.337 e. The third-order valence-corrected chi connectivity index (χ3v) is 10.0. The van der Waals surface area contributed by atoms with Crippen LogP contribution in [0.15, 0.2) is 71.6 Å². The molecule has 4 rings (SSSR count). The van der Waals surface area contributed by atoms with Crippen LogP contribution in [0.2, 0.25) is 0 Å². The first-order valence-electron chi connectivity index (χ1n) is 12.4. The summed E-state index contributed by atoms with van der Waals surface area (Å²) < 4.78 is 57.0. The Morgan fingerprint density at radius 2 is 1.69 bits per heavy atom. The fraction of sp³-hybridized carbons (Fsp3) is 0.286. The van der Waals surface area contributed by atoms with Crippen molar-refractivity contribution in [2.75, 3.05) is 29.0 Å². The Bertz CT molecular complexity index is 1600. The van der Waals surface area contributed by atoms with Crippen LogP contribution < -0.4 is 9.62 Å². The van der Waals surface area contributed by atoms with Crippen LogP contribution in [-0.4, -0.2) is 48.1 Å². The van der Waals surface area contributed by atoms with Gasteiger partial charge in [-0.15, -0.1) is 0 Å². The van der Waals surface area contributed by atoms with Crippen molar-refractivity contribution in [3.63, 3.8) is 0 Å². The zero-order valence-corrected chi connectivity index (χ0v) is 23.3. The maximum absolute atomic E-state index is 13.4. The first-order valence-corrected chi connectivity index (χ1v) is 15.7. The highest BCUT2D eigenvalue weighted by atomic mass is 32.2. The number of hydrogen-bond acceptors (Lipinski definition) is 7. The van der Waals surface area contributed by atoms with Crippen LogP contribution in [0.1, 0.15) is 40.4 Å². The molecule has 9 nitrogen and oxygen atoms in total. The van der Waals surface area contributed by atoms with E-state index in [0.29, 0.717) is 41.9 Å². The van der Waals surface area contributed by atoms with Crippen molar-refractivity contribution in [1.82, 2.24) is 0 Å². The molecule has 0 atom stereocenters. The summed E-state index contributed by atoms with van der Waals surface area (Å²) in [6.45, 7) is 1.88. The second-order valence-corrected chi connectivity index (χ2v) is 13.4. The molecule has 0 saturated heterocycles. The number of esters is 1. The number of benzene rings is 3. The van der Waals surface area contributed by atoms with Gasteiger partial charge in [-0.3, -0.25) is 9.10 Å². The highest BCUT2D eigenvalue weighted by Crippen LogP contribution is 2.33. The largest absolute Gasteiger partial charge is 0.465 e. The lowest BCUT2D eigenvalue weighted by atomic mass is 10.0. The Kier molecular flexibility index (Phi) is 8.41. The molecule has 1 aliphatic rings. The molecule has 0 aliphatic carbocycles. The van der Waals surface area contributed by atoms with E-state index in [1.807, 2.05) is 6.07 Å². The molecular weight excluding hydrogens is 540 g/mol. The molecule has 206 valence electrons. The minimum Gasteiger partial charge on any atom is -0.465 e. The van der Waals surface area contributed by atoms with Crippen molar-refractivity contribution in [3.05, 3.63) is 89.0 Å². The summed E-state index contributed by atoms with van der Waals surface area (Å²) in [6.07, 6.45) is 1.40. The van der Waals surface area contributed by atoms with E-state index in [0.717, 1.165) is 5.56 Å². The zero-order chi connectivity index (χ0) is 28.2. The summed E-state index contributed by atoms with van der Waals surface area (Å²) in [5.41, 5.74) is 3.22. The Hall–Kier alpha value is -3.70. The summed E-state index contributed by atoms with van der Waals surface area (Å²) >= 11 is 0. The van der Waals surface area contributed by atoms with Gasteiger partial charge >= 0.3 is 5.97 Å². The molecule has 0 aromatic heterocycles. The molecule has 1 amide bonds. The van der Waals surface area contributed by atoms with Gasteiger partial charge in [0.25, 0.3) is 0 Å². The lowest BCUT2D eigenvalue weighted by molar-refractivity contribution is -0.115. The van der Waals surface area contributed by atoms with Gasteiger partial charge in [-0.25, -0.2) is 21.6 Å². The Labute approximate surface area is 228 Å². The minimum atomic E-state index is -3.79. The summed E-state index contributed by atoms with van der Waals surface area (Å²) in [7, 11) is -5.85. The molecule has 0 saturated carbocycles. The molecule has 0 radical (unpaired) electrons. The van der Waals surface area contributed by atoms with Gasteiger partial charge in [0.05, 0.1) is 41.2 Å². The van der Waals surface area contributed by atoms with Gasteiger partial charge in [-0.2, -0.15) is 0 Å². The van der Waals surface area contributed by atoms with Crippen LogP contribution >= 0.6 is 0 Å². The SMILES string of the molecule is CCS(=O)(=O)c1ccc(CC(=O)Nc2ccc3c(c2)N(S(=O)(=O)Cc2cccc(C(=O)OC)c2)CCC3)cc1. The number of aryl methyl sites for hydroxylation is 1. The standard InChI is InChI=1S/C28H30N2O7S2/c1-3-38(33,34)25-13-9-20(10-14-25)17-27(31)29-24-12-11-22-8-5-15-30(26(22)18-24)39(35,36)19-21-6-4-7-23(16-21)28(32)37-2/h4,6-7,9-14,16,18H,3,5,8,15,17,19H2,1-2H3,(H,29,31). The van der Waals surface area contributed by atoms with Crippen LogP contribution in [0.25, 0.3) is 0 Å². The zero-order valence-electron chi connectivity index (χ0n) is 21.7. The molecule has 0 spiro atoms. The second-order valence-electron chi connectivity index (χ2n) is 9.24. The van der Waals surface area contributed by atoms with Crippen LogP contribution in [0.3, 0.4) is 0 Å². The highest BCUT2D eigenvalue weighted by Gasteiger charge is 2.28. The summed E-state index contributed by atoms with van der Waals surface area (Å²) in [5.74, 6) is -1.15. The van der Waals surface area contributed by atoms with E-state index >= 15 is 0 Å². The van der Waals surface area contributed by atoms with Gasteiger partial charge < -0.3 is 10.1 Å². The molecule has 3 aromatic rings. The number of ether oxygens (including phenoxy) is 1. The van der Waals surface area contributed by atoms with Gasteiger partial charge in [0.1, 0.15) is 0 Å². The average molecular weight is 571 g/mol. The van der Waals surface area contributed by atoms with Crippen molar-refractivity contribution in [2.24, 2.45) is 0 Å². The first kappa shape index (κ1) is 28.3. The van der Waals surface area contributed by atoms with Gasteiger partial charge in [0.2, 0.25) is 15.9 Å². The molecular formula is C28H30N2O7S2. The normalized spacial score (nSPS) is 13.4. The van der Waals surface area contributed by atoms with Crippen LogP contribution in [0, 0.1) is 0 Å². The van der Waals surface area contributed by atoms with Crippen molar-refractivity contribution in [2.45, 2.75) is 36.8 Å². The Balaban J connectivity index is 1.50. The summed E-state index contributed by atoms with van der Waals surface area (Å²) in [4.78, 5) is 24.8. The lowest BCUT2D eigenvalue weighted by Gasteiger charge is -2.31. The molecule has 11 heteroatoms. The van der Waals surface area contributed by atoms with Gasteiger partial charge in [-0.1, -0.05) is 37.3 Å². The number of sulfonamides is 1. The van der Waals surface area contributed by atoms with E-state index < -0.39 is 25.8 Å². The molecule has 0 bridgehead atoms. The maximum Gasteiger partial charge on any atom is 0.337 e. The number of fused-ring (bicyclic) bond motifs is 1. The predicted molar refractivity (Wildman–Crippen MR) is 149 cm³/mol. The van der Waals surface area contributed by atoms with Crippen molar-refractivity contribution < 1.29 is 31.2 Å². The minimum absolute atomic E-state index is 0.00221. The van der Waals surface area contributed by atoms with Crippen molar-refractivity contribution >= 4 is 43.1 Å². The van der Waals surface area contributed by atoms with E-state index in [2.05, 4.69) is 5.32 Å². The van der Waals surface area contributed by atoms with E-state index in [-0.39, 0.29) is 34.3 Å². The average Bonchev–Trinajstić information content (AvgIpc) is 2.92. The quantitative estimate of drug-likeness (QED) is 0.389. The number of carbonyl (C=O) groups excluding carboxylic acids is 2. The van der Waals surface area contributed by atoms with E-state index in [1.54, 1.807) is 49.4 Å². The van der Waals surface area contributed by atoms with Gasteiger partial charge in [0, 0.05) is 12.2 Å². The molecule has 39 heavy (non-hydrogen) atoms. The van der Waals surface area contributed by atoms with E-state index in [4.69, 9.17) is 4.74 Å². The molecule has 0 fully saturated rings. The second kappa shape index (κ2) is 11.6. The number of amides is 1. The number of nitrogens with one attached hydrogen (secondary N) is 1. The van der Waals surface area contributed by atoms with Gasteiger partial charge in [-0.05, 0) is 65.9 Å². The Morgan fingerprint density at radius 1 is 0.949 bits per heavy atom. The first-order chi connectivity index (χ1) is 18.5. The highest BCUT2D eigenvalue weighted by molar-refractivity contribution is 7.92. The van der Waals surface area contributed by atoms with Gasteiger partial charge in [0.15, 0.2) is 9.84 Å². The summed E-state index contributed by atoms with van der Waals surface area (Å²) in [6, 6.07) is 17.7. The third-order valence-electron chi connectivity index (χ3n) is 6.51. The molecule has 1 N–H and O–H groups in total. The summed E-state index contributed by atoms with van der Waals surface area (Å²) in [5, 5.41) is 2.81. The predicted octanol–water partition coefficient (Wildman–Crippen LogP) is 3.73.